The molecule has 40 heavy (non-hydrogen) atoms. The van der Waals surface area contributed by atoms with Gasteiger partial charge in [-0.2, -0.15) is 5.01 Å². The number of carbonyl (C=O) groups excluding carboxylic acids is 4. The number of nitrogens with zero attached hydrogens (tertiary/aromatic N) is 3. The summed E-state index contributed by atoms with van der Waals surface area (Å²) in [5.74, 6) is -7.37. The number of carbonyl (C=O) groups is 4. The van der Waals surface area contributed by atoms with Crippen molar-refractivity contribution in [3.8, 4) is 0 Å². The molecule has 9 nitrogen and oxygen atoms in total. The highest BCUT2D eigenvalue weighted by molar-refractivity contribution is 6.66. The number of imide groups is 1. The van der Waals surface area contributed by atoms with E-state index in [0.717, 1.165) is 12.1 Å². The van der Waals surface area contributed by atoms with Crippen LogP contribution in [0.25, 0.3) is 0 Å². The van der Waals surface area contributed by atoms with Gasteiger partial charge in [-0.15, -0.1) is 23.2 Å². The molecule has 1 aliphatic heterocycles. The second kappa shape index (κ2) is 9.73. The van der Waals surface area contributed by atoms with Crippen molar-refractivity contribution in [3.63, 3.8) is 0 Å². The molecule has 2 aromatic rings. The van der Waals surface area contributed by atoms with Crippen molar-refractivity contribution >= 4 is 110 Å². The van der Waals surface area contributed by atoms with E-state index in [0.29, 0.717) is 15.0 Å². The average Bonchev–Trinajstić information content (AvgIpc) is 3.30. The van der Waals surface area contributed by atoms with Crippen LogP contribution in [-0.2, 0) is 9.59 Å². The normalized spacial score (nSPS) is 28.2. The summed E-state index contributed by atoms with van der Waals surface area (Å²) >= 11 is 45.0. The van der Waals surface area contributed by atoms with Gasteiger partial charge in [0.1, 0.15) is 21.9 Å². The summed E-state index contributed by atoms with van der Waals surface area (Å²) in [6, 6.07) is 10.4. The highest BCUT2D eigenvalue weighted by Crippen LogP contribution is 2.77. The fraction of sp³-hybridized carbons (Fsp3) is 0.250. The molecule has 0 spiro atoms. The third kappa shape index (κ3) is 3.68. The lowest BCUT2D eigenvalue weighted by molar-refractivity contribution is -0.385. The number of fused-ring (bicyclic) bond motifs is 5. The summed E-state index contributed by atoms with van der Waals surface area (Å²) in [4.78, 5) is 61.3. The van der Waals surface area contributed by atoms with E-state index in [2.05, 4.69) is 0 Å². The number of hydrogen-bond acceptors (Lipinski definition) is 6. The quantitative estimate of drug-likeness (QED) is 0.122. The van der Waals surface area contributed by atoms with Crippen molar-refractivity contribution in [2.45, 2.75) is 14.1 Å². The van der Waals surface area contributed by atoms with Gasteiger partial charge >= 0.3 is 0 Å². The molecule has 208 valence electrons. The van der Waals surface area contributed by atoms with Crippen molar-refractivity contribution in [1.29, 1.82) is 0 Å². The first-order chi connectivity index (χ1) is 18.6. The van der Waals surface area contributed by atoms with E-state index in [1.54, 1.807) is 0 Å². The summed E-state index contributed by atoms with van der Waals surface area (Å²) in [6.45, 7) is -0.893. The number of alkyl halides is 4. The number of nitro groups is 1. The minimum atomic E-state index is -2.23. The number of para-hydroxylation sites is 1. The summed E-state index contributed by atoms with van der Waals surface area (Å²) in [5.41, 5.74) is -1.07. The molecule has 0 unspecified atom stereocenters. The number of ketones is 1. The van der Waals surface area contributed by atoms with E-state index in [1.807, 2.05) is 0 Å². The number of hydrogen-bond donors (Lipinski definition) is 0. The van der Waals surface area contributed by atoms with E-state index in [-0.39, 0.29) is 15.6 Å². The highest BCUT2D eigenvalue weighted by atomic mass is 35.5. The number of Topliss-reactive ketones (excluding diaryl/α,β-unsaturated/α-hetero) is 1. The predicted molar refractivity (Wildman–Crippen MR) is 149 cm³/mol. The fourth-order valence-corrected chi connectivity index (χ4v) is 8.32. The number of rotatable bonds is 6. The van der Waals surface area contributed by atoms with Gasteiger partial charge in [-0.3, -0.25) is 29.3 Å². The van der Waals surface area contributed by atoms with Gasteiger partial charge in [-0.1, -0.05) is 70.1 Å². The summed E-state index contributed by atoms with van der Waals surface area (Å²) in [7, 11) is 0. The molecule has 16 heteroatoms. The zero-order chi connectivity index (χ0) is 29.5. The molecule has 2 bridgehead atoms. The first-order valence-corrected chi connectivity index (χ1v) is 13.8. The lowest BCUT2D eigenvalue weighted by atomic mass is 9.84. The fourth-order valence-electron chi connectivity index (χ4n) is 5.27. The van der Waals surface area contributed by atoms with Gasteiger partial charge in [-0.05, 0) is 30.3 Å². The van der Waals surface area contributed by atoms with Crippen LogP contribution >= 0.6 is 81.2 Å². The second-order valence-corrected chi connectivity index (χ2v) is 12.8. The highest BCUT2D eigenvalue weighted by Gasteiger charge is 2.88. The maximum absolute atomic E-state index is 13.9. The Balaban J connectivity index is 1.63. The molecule has 1 saturated heterocycles. The molecular formula is C24H12Cl7N3O6. The number of hydrazine groups is 1. The monoisotopic (exact) mass is 683 g/mol. The van der Waals surface area contributed by atoms with Crippen LogP contribution in [0.1, 0.15) is 20.7 Å². The molecule has 1 heterocycles. The number of benzene rings is 2. The van der Waals surface area contributed by atoms with Crippen LogP contribution in [-0.4, -0.2) is 59.1 Å². The first-order valence-electron chi connectivity index (χ1n) is 11.2. The van der Waals surface area contributed by atoms with Crippen LogP contribution in [0.5, 0.6) is 0 Å². The Kier molecular flexibility index (Phi) is 7.15. The van der Waals surface area contributed by atoms with Crippen LogP contribution in [0.4, 0.5) is 5.69 Å². The van der Waals surface area contributed by atoms with Crippen molar-refractivity contribution in [2.24, 2.45) is 11.8 Å². The molecule has 4 atom stereocenters. The Morgan fingerprint density at radius 3 is 1.88 bits per heavy atom. The number of halogens is 7. The van der Waals surface area contributed by atoms with E-state index >= 15 is 0 Å². The molecule has 1 saturated carbocycles. The third-order valence-electron chi connectivity index (χ3n) is 7.15. The zero-order valence-corrected chi connectivity index (χ0v) is 24.7. The third-order valence-corrected chi connectivity index (χ3v) is 11.7. The lowest BCUT2D eigenvalue weighted by Gasteiger charge is -2.36. The van der Waals surface area contributed by atoms with Crippen LogP contribution in [0.15, 0.2) is 58.6 Å². The Morgan fingerprint density at radius 1 is 0.875 bits per heavy atom. The maximum Gasteiger partial charge on any atom is 0.282 e. The Bertz CT molecular complexity index is 1520. The molecule has 3 aliphatic rings. The zero-order valence-electron chi connectivity index (χ0n) is 19.4. The standard InChI is InChI=1S/C24H12Cl7N3O6/c25-11-7-5-10(6-8-11)14(35)9-32(19(36)12-3-1-2-4-13(12)34(39)40)33-20(37)15-16(21(33)38)23(29)18(27)17(26)22(15,28)24(23,30)31/h1-8,15-16H,9H2/t15-,16-,22+,23+/m0/s1. The van der Waals surface area contributed by atoms with Gasteiger partial charge in [0.15, 0.2) is 10.1 Å². The van der Waals surface area contributed by atoms with Crippen molar-refractivity contribution in [3.05, 3.63) is 84.9 Å². The molecule has 0 N–H and O–H groups in total. The molecule has 0 aromatic heterocycles. The van der Waals surface area contributed by atoms with E-state index in [4.69, 9.17) is 81.2 Å². The Labute approximate surface area is 260 Å². The van der Waals surface area contributed by atoms with E-state index < -0.39 is 72.1 Å². The molecule has 2 aromatic carbocycles. The molecular weight excluding hydrogens is 674 g/mol. The number of allylic oxidation sites excluding steroid dienone is 2. The predicted octanol–water partition coefficient (Wildman–Crippen LogP) is 5.94. The lowest BCUT2D eigenvalue weighted by Crippen LogP contribution is -2.56. The topological polar surface area (TPSA) is 118 Å². The van der Waals surface area contributed by atoms with Gasteiger partial charge in [0.25, 0.3) is 23.4 Å². The molecule has 5 rings (SSSR count). The van der Waals surface area contributed by atoms with Crippen molar-refractivity contribution in [2.75, 3.05) is 6.54 Å². The van der Waals surface area contributed by atoms with Crippen molar-refractivity contribution in [1.82, 2.24) is 10.0 Å². The second-order valence-electron chi connectivity index (χ2n) is 9.14. The van der Waals surface area contributed by atoms with Crippen LogP contribution in [0, 0.1) is 22.0 Å². The average molecular weight is 687 g/mol. The van der Waals surface area contributed by atoms with Crippen LogP contribution in [0.2, 0.25) is 5.02 Å². The molecule has 2 aliphatic carbocycles. The largest absolute Gasteiger partial charge is 0.292 e. The number of nitro benzene ring substituents is 1. The van der Waals surface area contributed by atoms with E-state index in [1.165, 1.54) is 36.4 Å². The van der Waals surface area contributed by atoms with Gasteiger partial charge in [0, 0.05) is 16.7 Å². The van der Waals surface area contributed by atoms with Crippen LogP contribution < -0.4 is 0 Å². The SMILES string of the molecule is O=C(CN(C(=O)c1ccccc1[N+](=O)[O-])N1C(=O)[C@@H]2[C@@H](C1=O)[C@@]1(Cl)C(Cl)=C(Cl)[C@@]2(Cl)C1(Cl)Cl)c1ccc(Cl)cc1. The van der Waals surface area contributed by atoms with Gasteiger partial charge in [0.2, 0.25) is 0 Å². The van der Waals surface area contributed by atoms with Gasteiger partial charge in [0.05, 0.1) is 26.8 Å². The minimum absolute atomic E-state index is 0.0695. The summed E-state index contributed by atoms with van der Waals surface area (Å²) in [5, 5.41) is 12.2. The smallest absolute Gasteiger partial charge is 0.282 e. The summed E-state index contributed by atoms with van der Waals surface area (Å²) < 4.78 is -2.23. The first kappa shape index (κ1) is 29.4. The molecule has 2 fully saturated rings. The Hall–Kier alpha value is -2.11. The van der Waals surface area contributed by atoms with Crippen molar-refractivity contribution < 1.29 is 24.1 Å². The molecule has 3 amide bonds. The van der Waals surface area contributed by atoms with Crippen LogP contribution in [0.3, 0.4) is 0 Å². The van der Waals surface area contributed by atoms with Gasteiger partial charge < -0.3 is 0 Å². The maximum atomic E-state index is 13.9. The Morgan fingerprint density at radius 2 is 1.38 bits per heavy atom. The summed E-state index contributed by atoms with van der Waals surface area (Å²) in [6.07, 6.45) is 0. The van der Waals surface area contributed by atoms with Gasteiger partial charge in [-0.25, -0.2) is 5.01 Å². The van der Waals surface area contributed by atoms with E-state index in [9.17, 15) is 29.3 Å². The number of amides is 3. The molecule has 0 radical (unpaired) electrons. The minimum Gasteiger partial charge on any atom is -0.292 e.